The standard InChI is InChI=1S/C7H6BrClS/c1-5(4-8)7-6(9)2-3-10-7/h2-3H,1,4H2. The highest BCUT2D eigenvalue weighted by atomic mass is 79.9. The minimum absolute atomic E-state index is 0.785. The van der Waals surface area contributed by atoms with Crippen LogP contribution in [0, 0.1) is 0 Å². The van der Waals surface area contributed by atoms with Crippen molar-refractivity contribution in [3.63, 3.8) is 0 Å². The molecule has 0 fully saturated rings. The summed E-state index contributed by atoms with van der Waals surface area (Å²) in [6, 6.07) is 1.88. The normalized spacial score (nSPS) is 9.80. The summed E-state index contributed by atoms with van der Waals surface area (Å²) in [5.74, 6) is 0. The number of halogens is 2. The first kappa shape index (κ1) is 8.31. The van der Waals surface area contributed by atoms with E-state index in [1.54, 1.807) is 11.3 Å². The van der Waals surface area contributed by atoms with Gasteiger partial charge in [-0.15, -0.1) is 11.3 Å². The van der Waals surface area contributed by atoms with E-state index < -0.39 is 0 Å². The largest absolute Gasteiger partial charge is 0.143 e. The van der Waals surface area contributed by atoms with E-state index in [0.29, 0.717) is 0 Å². The number of hydrogen-bond donors (Lipinski definition) is 0. The maximum atomic E-state index is 5.84. The van der Waals surface area contributed by atoms with Gasteiger partial charge in [-0.05, 0) is 17.0 Å². The van der Waals surface area contributed by atoms with Gasteiger partial charge in [0.15, 0.2) is 0 Å². The molecule has 10 heavy (non-hydrogen) atoms. The third kappa shape index (κ3) is 1.62. The van der Waals surface area contributed by atoms with Crippen LogP contribution in [0.1, 0.15) is 4.88 Å². The zero-order valence-electron chi connectivity index (χ0n) is 5.23. The molecule has 0 amide bonds. The van der Waals surface area contributed by atoms with E-state index in [-0.39, 0.29) is 0 Å². The molecule has 1 aromatic rings. The maximum Gasteiger partial charge on any atom is 0.0589 e. The minimum Gasteiger partial charge on any atom is -0.143 e. The van der Waals surface area contributed by atoms with E-state index in [1.807, 2.05) is 11.4 Å². The van der Waals surface area contributed by atoms with E-state index in [0.717, 1.165) is 20.8 Å². The van der Waals surface area contributed by atoms with Crippen molar-refractivity contribution in [2.24, 2.45) is 0 Å². The van der Waals surface area contributed by atoms with Crippen LogP contribution in [0.4, 0.5) is 0 Å². The average molecular weight is 238 g/mol. The fraction of sp³-hybridized carbons (Fsp3) is 0.143. The summed E-state index contributed by atoms with van der Waals surface area (Å²) in [4.78, 5) is 1.08. The first-order valence-electron chi connectivity index (χ1n) is 2.73. The Labute approximate surface area is 77.6 Å². The van der Waals surface area contributed by atoms with Crippen LogP contribution in [0.2, 0.25) is 5.02 Å². The Hall–Kier alpha value is 0.210. The molecule has 3 heteroatoms. The zero-order valence-corrected chi connectivity index (χ0v) is 8.39. The van der Waals surface area contributed by atoms with Crippen LogP contribution in [0.15, 0.2) is 18.0 Å². The SMILES string of the molecule is C=C(CBr)c1sccc1Cl. The summed E-state index contributed by atoms with van der Waals surface area (Å²) < 4.78 is 0. The third-order valence-corrected chi connectivity index (χ3v) is 3.22. The number of hydrogen-bond acceptors (Lipinski definition) is 1. The summed E-state index contributed by atoms with van der Waals surface area (Å²) in [5, 5.41) is 3.55. The van der Waals surface area contributed by atoms with E-state index in [2.05, 4.69) is 22.5 Å². The molecule has 0 spiro atoms. The number of rotatable bonds is 2. The Bertz CT molecular complexity index is 242. The average Bonchev–Trinajstić information content (AvgIpc) is 2.34. The Morgan fingerprint density at radius 3 is 2.90 bits per heavy atom. The second-order valence-corrected chi connectivity index (χ2v) is 3.72. The summed E-state index contributed by atoms with van der Waals surface area (Å²) in [5.41, 5.74) is 1.04. The first-order valence-corrected chi connectivity index (χ1v) is 5.10. The molecule has 0 bridgehead atoms. The van der Waals surface area contributed by atoms with Crippen molar-refractivity contribution in [1.82, 2.24) is 0 Å². The molecular weight excluding hydrogens is 232 g/mol. The lowest BCUT2D eigenvalue weighted by Crippen LogP contribution is -1.76. The molecule has 54 valence electrons. The maximum absolute atomic E-state index is 5.84. The van der Waals surface area contributed by atoms with Gasteiger partial charge in [-0.25, -0.2) is 0 Å². The van der Waals surface area contributed by atoms with Crippen molar-refractivity contribution in [2.75, 3.05) is 5.33 Å². The molecule has 0 aliphatic carbocycles. The summed E-state index contributed by atoms with van der Waals surface area (Å²) in [7, 11) is 0. The fourth-order valence-electron chi connectivity index (χ4n) is 0.607. The van der Waals surface area contributed by atoms with Crippen LogP contribution < -0.4 is 0 Å². The van der Waals surface area contributed by atoms with Crippen LogP contribution in [-0.4, -0.2) is 5.33 Å². The molecule has 0 saturated heterocycles. The van der Waals surface area contributed by atoms with Gasteiger partial charge in [0.2, 0.25) is 0 Å². The van der Waals surface area contributed by atoms with E-state index in [1.165, 1.54) is 0 Å². The van der Waals surface area contributed by atoms with Crippen molar-refractivity contribution in [3.05, 3.63) is 27.9 Å². The molecule has 0 unspecified atom stereocenters. The second kappa shape index (κ2) is 3.56. The molecule has 1 heterocycles. The molecule has 0 atom stereocenters. The van der Waals surface area contributed by atoms with E-state index in [4.69, 9.17) is 11.6 Å². The number of allylic oxidation sites excluding steroid dienone is 1. The Balaban J connectivity index is 2.93. The molecule has 1 aromatic heterocycles. The van der Waals surface area contributed by atoms with Gasteiger partial charge in [0.25, 0.3) is 0 Å². The van der Waals surface area contributed by atoms with E-state index >= 15 is 0 Å². The van der Waals surface area contributed by atoms with Gasteiger partial charge in [-0.3, -0.25) is 0 Å². The van der Waals surface area contributed by atoms with Gasteiger partial charge in [-0.2, -0.15) is 0 Å². The fourth-order valence-corrected chi connectivity index (χ4v) is 2.24. The van der Waals surface area contributed by atoms with Crippen LogP contribution in [0.3, 0.4) is 0 Å². The van der Waals surface area contributed by atoms with Gasteiger partial charge >= 0.3 is 0 Å². The molecular formula is C7H6BrClS. The lowest BCUT2D eigenvalue weighted by Gasteiger charge is -1.95. The Kier molecular flexibility index (Phi) is 2.96. The van der Waals surface area contributed by atoms with Gasteiger partial charge in [0, 0.05) is 10.2 Å². The predicted molar refractivity (Wildman–Crippen MR) is 52.2 cm³/mol. The highest BCUT2D eigenvalue weighted by molar-refractivity contribution is 9.09. The summed E-state index contributed by atoms with van der Waals surface area (Å²) >= 11 is 10.8. The van der Waals surface area contributed by atoms with Crippen molar-refractivity contribution in [2.45, 2.75) is 0 Å². The third-order valence-electron chi connectivity index (χ3n) is 1.10. The van der Waals surface area contributed by atoms with Gasteiger partial charge < -0.3 is 0 Å². The number of thiophene rings is 1. The summed E-state index contributed by atoms with van der Waals surface area (Å²) in [6.07, 6.45) is 0. The topological polar surface area (TPSA) is 0 Å². The smallest absolute Gasteiger partial charge is 0.0589 e. The van der Waals surface area contributed by atoms with Gasteiger partial charge in [0.1, 0.15) is 0 Å². The molecule has 0 aliphatic heterocycles. The van der Waals surface area contributed by atoms with Crippen LogP contribution in [0.25, 0.3) is 5.57 Å². The van der Waals surface area contributed by atoms with Crippen molar-refractivity contribution < 1.29 is 0 Å². The lowest BCUT2D eigenvalue weighted by atomic mass is 10.3. The molecule has 0 aliphatic rings. The van der Waals surface area contributed by atoms with Gasteiger partial charge in [-0.1, -0.05) is 34.1 Å². The first-order chi connectivity index (χ1) is 4.75. The zero-order chi connectivity index (χ0) is 7.56. The van der Waals surface area contributed by atoms with Crippen LogP contribution >= 0.6 is 38.9 Å². The molecule has 0 N–H and O–H groups in total. The van der Waals surface area contributed by atoms with Crippen LogP contribution in [-0.2, 0) is 0 Å². The Morgan fingerprint density at radius 2 is 2.50 bits per heavy atom. The highest BCUT2D eigenvalue weighted by Crippen LogP contribution is 2.28. The van der Waals surface area contributed by atoms with Gasteiger partial charge in [0.05, 0.1) is 5.02 Å². The molecule has 1 rings (SSSR count). The highest BCUT2D eigenvalue weighted by Gasteiger charge is 2.03. The van der Waals surface area contributed by atoms with Crippen molar-refractivity contribution in [1.29, 1.82) is 0 Å². The second-order valence-electron chi connectivity index (χ2n) is 1.83. The van der Waals surface area contributed by atoms with Crippen molar-refractivity contribution in [3.8, 4) is 0 Å². The molecule has 0 radical (unpaired) electrons. The quantitative estimate of drug-likeness (QED) is 0.686. The van der Waals surface area contributed by atoms with Crippen molar-refractivity contribution >= 4 is 44.4 Å². The number of alkyl halides is 1. The molecule has 0 saturated carbocycles. The lowest BCUT2D eigenvalue weighted by molar-refractivity contribution is 1.78. The molecule has 0 nitrogen and oxygen atoms in total. The monoisotopic (exact) mass is 236 g/mol. The molecule has 0 aromatic carbocycles. The summed E-state index contributed by atoms with van der Waals surface area (Å²) in [6.45, 7) is 3.86. The minimum atomic E-state index is 0.785. The predicted octanol–water partition coefficient (Wildman–Crippen LogP) is 3.81. The van der Waals surface area contributed by atoms with E-state index in [9.17, 15) is 0 Å². The van der Waals surface area contributed by atoms with Crippen LogP contribution in [0.5, 0.6) is 0 Å². The Morgan fingerprint density at radius 1 is 1.80 bits per heavy atom.